The largest absolute Gasteiger partial charge is 0.313 e. The number of hydrogen-bond acceptors (Lipinski definition) is 1. The Morgan fingerprint density at radius 1 is 1.05 bits per heavy atom. The first-order valence-electron chi connectivity index (χ1n) is 8.42. The second kappa shape index (κ2) is 7.26. The topological polar surface area (TPSA) is 12.0 Å². The quantitative estimate of drug-likeness (QED) is 0.769. The van der Waals surface area contributed by atoms with Crippen LogP contribution in [0.3, 0.4) is 0 Å². The molecule has 2 unspecified atom stereocenters. The number of rotatable bonds is 5. The Balaban J connectivity index is 2.07. The highest BCUT2D eigenvalue weighted by molar-refractivity contribution is 5.27. The van der Waals surface area contributed by atoms with Crippen LogP contribution in [0.5, 0.6) is 0 Å². The van der Waals surface area contributed by atoms with Crippen molar-refractivity contribution in [2.75, 3.05) is 7.05 Å². The minimum atomic E-state index is 0.536. The fourth-order valence-corrected chi connectivity index (χ4v) is 3.56. The van der Waals surface area contributed by atoms with Crippen LogP contribution in [-0.4, -0.2) is 7.05 Å². The van der Waals surface area contributed by atoms with Crippen LogP contribution in [0.25, 0.3) is 0 Å². The Morgan fingerprint density at radius 2 is 1.60 bits per heavy atom. The predicted molar refractivity (Wildman–Crippen MR) is 88.1 cm³/mol. The maximum Gasteiger partial charge on any atom is 0.0346 e. The summed E-state index contributed by atoms with van der Waals surface area (Å²) >= 11 is 0. The lowest BCUT2D eigenvalue weighted by Gasteiger charge is -2.33. The standard InChI is InChI=1S/C19H31N/c1-5-15(3)16-10-12-18(13-11-16)19(20-4)17-8-6-14(2)7-9-17/h10-15,17,19-20H,5-9H2,1-4H3. The van der Waals surface area contributed by atoms with Crippen molar-refractivity contribution < 1.29 is 0 Å². The minimum absolute atomic E-state index is 0.536. The zero-order valence-corrected chi connectivity index (χ0v) is 13.7. The van der Waals surface area contributed by atoms with Gasteiger partial charge in [0.2, 0.25) is 0 Å². The van der Waals surface area contributed by atoms with Gasteiger partial charge in [-0.15, -0.1) is 0 Å². The van der Waals surface area contributed by atoms with Gasteiger partial charge in [0.05, 0.1) is 0 Å². The van der Waals surface area contributed by atoms with Crippen LogP contribution in [0.2, 0.25) is 0 Å². The molecule has 1 aliphatic carbocycles. The summed E-state index contributed by atoms with van der Waals surface area (Å²) in [6, 6.07) is 9.90. The number of benzene rings is 1. The van der Waals surface area contributed by atoms with E-state index in [1.54, 1.807) is 0 Å². The van der Waals surface area contributed by atoms with E-state index in [-0.39, 0.29) is 0 Å². The van der Waals surface area contributed by atoms with Crippen LogP contribution in [-0.2, 0) is 0 Å². The molecule has 2 atom stereocenters. The van der Waals surface area contributed by atoms with Crippen molar-refractivity contribution >= 4 is 0 Å². The van der Waals surface area contributed by atoms with Crippen molar-refractivity contribution in [3.63, 3.8) is 0 Å². The monoisotopic (exact) mass is 273 g/mol. The van der Waals surface area contributed by atoms with Crippen LogP contribution in [0.1, 0.15) is 76.0 Å². The van der Waals surface area contributed by atoms with Gasteiger partial charge >= 0.3 is 0 Å². The molecule has 0 radical (unpaired) electrons. The molecule has 0 saturated heterocycles. The highest BCUT2D eigenvalue weighted by Crippen LogP contribution is 2.36. The van der Waals surface area contributed by atoms with Crippen molar-refractivity contribution in [1.29, 1.82) is 0 Å². The predicted octanol–water partition coefficient (Wildman–Crippen LogP) is 5.29. The van der Waals surface area contributed by atoms with E-state index in [1.807, 2.05) is 0 Å². The second-order valence-electron chi connectivity index (χ2n) is 6.76. The molecule has 2 rings (SSSR count). The Bertz CT molecular complexity index is 387. The first kappa shape index (κ1) is 15.6. The average molecular weight is 273 g/mol. The lowest BCUT2D eigenvalue weighted by Crippen LogP contribution is -2.28. The van der Waals surface area contributed by atoms with Gasteiger partial charge in [-0.1, -0.05) is 57.9 Å². The van der Waals surface area contributed by atoms with Crippen LogP contribution in [0, 0.1) is 11.8 Å². The van der Waals surface area contributed by atoms with Gasteiger partial charge in [0, 0.05) is 6.04 Å². The Hall–Kier alpha value is -0.820. The second-order valence-corrected chi connectivity index (χ2v) is 6.76. The van der Waals surface area contributed by atoms with Crippen LogP contribution >= 0.6 is 0 Å². The molecule has 1 aliphatic rings. The molecule has 0 bridgehead atoms. The maximum atomic E-state index is 3.57. The Morgan fingerprint density at radius 3 is 2.10 bits per heavy atom. The molecule has 1 heteroatoms. The van der Waals surface area contributed by atoms with Crippen molar-refractivity contribution in [3.8, 4) is 0 Å². The summed E-state index contributed by atoms with van der Waals surface area (Å²) in [7, 11) is 2.12. The molecule has 0 amide bonds. The summed E-state index contributed by atoms with van der Waals surface area (Å²) in [4.78, 5) is 0. The van der Waals surface area contributed by atoms with E-state index in [4.69, 9.17) is 0 Å². The first-order valence-corrected chi connectivity index (χ1v) is 8.42. The third-order valence-electron chi connectivity index (χ3n) is 5.32. The summed E-state index contributed by atoms with van der Waals surface area (Å²) < 4.78 is 0. The fraction of sp³-hybridized carbons (Fsp3) is 0.684. The smallest absolute Gasteiger partial charge is 0.0346 e. The van der Waals surface area contributed by atoms with Gasteiger partial charge in [0.25, 0.3) is 0 Å². The van der Waals surface area contributed by atoms with Gasteiger partial charge in [0.15, 0.2) is 0 Å². The number of hydrogen-bond donors (Lipinski definition) is 1. The first-order chi connectivity index (χ1) is 9.65. The molecular formula is C19H31N. The molecule has 0 aromatic heterocycles. The van der Waals surface area contributed by atoms with Crippen molar-refractivity contribution in [3.05, 3.63) is 35.4 Å². The molecule has 1 saturated carbocycles. The summed E-state index contributed by atoms with van der Waals surface area (Å²) in [5, 5.41) is 3.57. The van der Waals surface area contributed by atoms with Crippen LogP contribution in [0.4, 0.5) is 0 Å². The summed E-state index contributed by atoms with van der Waals surface area (Å²) in [5.74, 6) is 2.41. The van der Waals surface area contributed by atoms with Gasteiger partial charge in [-0.3, -0.25) is 0 Å². The molecule has 0 heterocycles. The highest BCUT2D eigenvalue weighted by atomic mass is 14.9. The zero-order chi connectivity index (χ0) is 14.5. The molecule has 0 spiro atoms. The summed E-state index contributed by atoms with van der Waals surface area (Å²) in [6.07, 6.45) is 6.76. The third-order valence-corrected chi connectivity index (χ3v) is 5.32. The molecule has 1 aromatic carbocycles. The lowest BCUT2D eigenvalue weighted by atomic mass is 9.77. The summed E-state index contributed by atoms with van der Waals surface area (Å²) in [6.45, 7) is 6.97. The van der Waals surface area contributed by atoms with Crippen LogP contribution < -0.4 is 5.32 Å². The van der Waals surface area contributed by atoms with E-state index in [1.165, 1.54) is 43.2 Å². The minimum Gasteiger partial charge on any atom is -0.313 e. The summed E-state index contributed by atoms with van der Waals surface area (Å²) in [5.41, 5.74) is 2.95. The van der Waals surface area contributed by atoms with Crippen molar-refractivity contribution in [2.45, 2.75) is 64.8 Å². The van der Waals surface area contributed by atoms with Gasteiger partial charge in [-0.25, -0.2) is 0 Å². The third kappa shape index (κ3) is 3.63. The van der Waals surface area contributed by atoms with Crippen molar-refractivity contribution in [1.82, 2.24) is 5.32 Å². The van der Waals surface area contributed by atoms with E-state index < -0.39 is 0 Å². The molecule has 0 aliphatic heterocycles. The van der Waals surface area contributed by atoms with Crippen molar-refractivity contribution in [2.24, 2.45) is 11.8 Å². The Labute approximate surface area is 125 Å². The highest BCUT2D eigenvalue weighted by Gasteiger charge is 2.26. The molecule has 112 valence electrons. The molecule has 1 nitrogen and oxygen atoms in total. The Kier molecular flexibility index (Phi) is 5.65. The van der Waals surface area contributed by atoms with E-state index in [9.17, 15) is 0 Å². The molecule has 20 heavy (non-hydrogen) atoms. The average Bonchev–Trinajstić information content (AvgIpc) is 2.50. The number of nitrogens with one attached hydrogen (secondary N) is 1. The lowest BCUT2D eigenvalue weighted by molar-refractivity contribution is 0.238. The SMILES string of the molecule is CCC(C)c1ccc(C(NC)C2CCC(C)CC2)cc1. The van der Waals surface area contributed by atoms with Gasteiger partial charge in [-0.05, 0) is 55.2 Å². The van der Waals surface area contributed by atoms with E-state index in [0.717, 1.165) is 11.8 Å². The zero-order valence-electron chi connectivity index (χ0n) is 13.7. The van der Waals surface area contributed by atoms with E-state index >= 15 is 0 Å². The normalized spacial score (nSPS) is 26.2. The maximum absolute atomic E-state index is 3.57. The van der Waals surface area contributed by atoms with Gasteiger partial charge < -0.3 is 5.32 Å². The fourth-order valence-electron chi connectivity index (χ4n) is 3.56. The molecule has 1 aromatic rings. The molecular weight excluding hydrogens is 242 g/mol. The molecule has 1 fully saturated rings. The van der Waals surface area contributed by atoms with E-state index in [2.05, 4.69) is 57.4 Å². The van der Waals surface area contributed by atoms with Gasteiger partial charge in [-0.2, -0.15) is 0 Å². The molecule has 1 N–H and O–H groups in total. The van der Waals surface area contributed by atoms with Gasteiger partial charge in [0.1, 0.15) is 0 Å². The van der Waals surface area contributed by atoms with E-state index in [0.29, 0.717) is 12.0 Å². The van der Waals surface area contributed by atoms with Crippen LogP contribution in [0.15, 0.2) is 24.3 Å².